The van der Waals surface area contributed by atoms with Crippen LogP contribution in [-0.2, 0) is 0 Å². The molecule has 1 aromatic heterocycles. The van der Waals surface area contributed by atoms with Crippen molar-refractivity contribution in [2.75, 3.05) is 0 Å². The first kappa shape index (κ1) is 12.4. The molecular formula is C11H7ClFN3O2. The van der Waals surface area contributed by atoms with Crippen LogP contribution in [0.3, 0.4) is 0 Å². The van der Waals surface area contributed by atoms with Crippen molar-refractivity contribution in [1.82, 2.24) is 9.97 Å². The van der Waals surface area contributed by atoms with E-state index in [1.54, 1.807) is 6.92 Å². The highest BCUT2D eigenvalue weighted by Gasteiger charge is 2.19. The Morgan fingerprint density at radius 3 is 2.78 bits per heavy atom. The van der Waals surface area contributed by atoms with E-state index in [1.807, 2.05) is 0 Å². The van der Waals surface area contributed by atoms with Crippen LogP contribution in [-0.4, -0.2) is 14.9 Å². The molecule has 0 N–H and O–H groups in total. The minimum atomic E-state index is -0.607. The predicted molar refractivity (Wildman–Crippen MR) is 63.8 cm³/mol. The van der Waals surface area contributed by atoms with Gasteiger partial charge in [0.1, 0.15) is 12.0 Å². The van der Waals surface area contributed by atoms with Gasteiger partial charge in [-0.25, -0.2) is 14.4 Å². The van der Waals surface area contributed by atoms with Crippen LogP contribution in [0.2, 0.25) is 5.28 Å². The molecule has 0 aliphatic rings. The van der Waals surface area contributed by atoms with E-state index in [-0.39, 0.29) is 22.5 Å². The summed E-state index contributed by atoms with van der Waals surface area (Å²) in [6, 6.07) is 4.11. The Labute approximate surface area is 106 Å². The molecule has 1 aromatic carbocycles. The van der Waals surface area contributed by atoms with Crippen molar-refractivity contribution in [3.8, 4) is 11.3 Å². The zero-order chi connectivity index (χ0) is 13.3. The smallest absolute Gasteiger partial charge is 0.258 e. The third-order valence-electron chi connectivity index (χ3n) is 2.37. The van der Waals surface area contributed by atoms with E-state index in [9.17, 15) is 14.5 Å². The predicted octanol–water partition coefficient (Wildman–Crippen LogP) is 3.15. The van der Waals surface area contributed by atoms with Gasteiger partial charge in [0, 0.05) is 5.56 Å². The van der Waals surface area contributed by atoms with Crippen molar-refractivity contribution in [1.29, 1.82) is 0 Å². The van der Waals surface area contributed by atoms with E-state index in [0.717, 1.165) is 6.20 Å². The number of nitrogens with zero attached hydrogens (tertiary/aromatic N) is 3. The van der Waals surface area contributed by atoms with Crippen LogP contribution in [0, 0.1) is 22.9 Å². The lowest BCUT2D eigenvalue weighted by Gasteiger charge is -2.04. The normalized spacial score (nSPS) is 10.4. The highest BCUT2D eigenvalue weighted by atomic mass is 35.5. The maximum Gasteiger partial charge on any atom is 0.313 e. The Morgan fingerprint density at radius 1 is 1.44 bits per heavy atom. The number of nitro groups is 1. The second-order valence-electron chi connectivity index (χ2n) is 3.59. The molecule has 18 heavy (non-hydrogen) atoms. The summed E-state index contributed by atoms with van der Waals surface area (Å²) in [5.74, 6) is -0.387. The maximum atomic E-state index is 13.2. The average Bonchev–Trinajstić information content (AvgIpc) is 2.32. The zero-order valence-electron chi connectivity index (χ0n) is 9.22. The fourth-order valence-corrected chi connectivity index (χ4v) is 1.63. The standard InChI is InChI=1S/C11H7ClFN3O2/c1-6-4-7(2-3-8(6)13)10-9(16(17)18)5-14-11(12)15-10/h2-5H,1H3. The third kappa shape index (κ3) is 2.28. The van der Waals surface area contributed by atoms with Crippen LogP contribution in [0.15, 0.2) is 24.4 Å². The Kier molecular flexibility index (Phi) is 3.20. The van der Waals surface area contributed by atoms with Crippen LogP contribution >= 0.6 is 11.6 Å². The lowest BCUT2D eigenvalue weighted by atomic mass is 10.1. The molecule has 1 heterocycles. The summed E-state index contributed by atoms with van der Waals surface area (Å²) in [7, 11) is 0. The molecule has 0 saturated heterocycles. The number of halogens is 2. The molecule has 0 bridgehead atoms. The molecule has 0 radical (unpaired) electrons. The topological polar surface area (TPSA) is 68.9 Å². The number of aromatic nitrogens is 2. The van der Waals surface area contributed by atoms with Gasteiger partial charge < -0.3 is 0 Å². The third-order valence-corrected chi connectivity index (χ3v) is 2.55. The van der Waals surface area contributed by atoms with Gasteiger partial charge in [0.15, 0.2) is 5.69 Å². The summed E-state index contributed by atoms with van der Waals surface area (Å²) in [5.41, 5.74) is 0.593. The molecular weight excluding hydrogens is 261 g/mol. The van der Waals surface area contributed by atoms with Crippen molar-refractivity contribution in [2.24, 2.45) is 0 Å². The van der Waals surface area contributed by atoms with Gasteiger partial charge >= 0.3 is 5.69 Å². The van der Waals surface area contributed by atoms with Gasteiger partial charge in [-0.1, -0.05) is 0 Å². The average molecular weight is 268 g/mol. The number of hydrogen-bond acceptors (Lipinski definition) is 4. The molecule has 7 heteroatoms. The van der Waals surface area contributed by atoms with E-state index in [1.165, 1.54) is 18.2 Å². The Balaban J connectivity index is 2.65. The van der Waals surface area contributed by atoms with Gasteiger partial charge in [-0.3, -0.25) is 10.1 Å². The highest BCUT2D eigenvalue weighted by Crippen LogP contribution is 2.29. The summed E-state index contributed by atoms with van der Waals surface area (Å²) in [6.45, 7) is 1.56. The first-order valence-electron chi connectivity index (χ1n) is 4.92. The lowest BCUT2D eigenvalue weighted by molar-refractivity contribution is -0.384. The molecule has 0 amide bonds. The largest absolute Gasteiger partial charge is 0.313 e. The van der Waals surface area contributed by atoms with Gasteiger partial charge in [0.05, 0.1) is 4.92 Å². The highest BCUT2D eigenvalue weighted by molar-refractivity contribution is 6.28. The molecule has 0 atom stereocenters. The monoisotopic (exact) mass is 267 g/mol. The first-order valence-corrected chi connectivity index (χ1v) is 5.30. The molecule has 92 valence electrons. The maximum absolute atomic E-state index is 13.2. The number of aryl methyl sites for hydroxylation is 1. The molecule has 0 aliphatic heterocycles. The summed E-state index contributed by atoms with van der Waals surface area (Å²) in [5, 5.41) is 10.8. The Bertz CT molecular complexity index is 634. The van der Waals surface area contributed by atoms with Crippen LogP contribution in [0.25, 0.3) is 11.3 Å². The first-order chi connectivity index (χ1) is 8.49. The lowest BCUT2D eigenvalue weighted by Crippen LogP contribution is -1.97. The molecule has 0 fully saturated rings. The van der Waals surface area contributed by atoms with Crippen molar-refractivity contribution in [3.63, 3.8) is 0 Å². The summed E-state index contributed by atoms with van der Waals surface area (Å²) >= 11 is 5.62. The molecule has 0 aliphatic carbocycles. The summed E-state index contributed by atoms with van der Waals surface area (Å²) < 4.78 is 13.2. The quantitative estimate of drug-likeness (QED) is 0.476. The van der Waals surface area contributed by atoms with Crippen molar-refractivity contribution in [3.05, 3.63) is 51.2 Å². The van der Waals surface area contributed by atoms with Crippen molar-refractivity contribution in [2.45, 2.75) is 6.92 Å². The van der Waals surface area contributed by atoms with Crippen molar-refractivity contribution >= 4 is 17.3 Å². The number of hydrogen-bond donors (Lipinski definition) is 0. The van der Waals surface area contributed by atoms with Crippen molar-refractivity contribution < 1.29 is 9.31 Å². The molecule has 0 unspecified atom stereocenters. The summed E-state index contributed by atoms with van der Waals surface area (Å²) in [6.07, 6.45) is 1.03. The van der Waals surface area contributed by atoms with Gasteiger partial charge in [-0.2, -0.15) is 0 Å². The van der Waals surface area contributed by atoms with Gasteiger partial charge in [0.25, 0.3) is 0 Å². The van der Waals surface area contributed by atoms with Crippen LogP contribution < -0.4 is 0 Å². The molecule has 5 nitrogen and oxygen atoms in total. The summed E-state index contributed by atoms with van der Waals surface area (Å²) in [4.78, 5) is 17.7. The minimum Gasteiger partial charge on any atom is -0.258 e. The van der Waals surface area contributed by atoms with Gasteiger partial charge in [-0.05, 0) is 42.3 Å². The van der Waals surface area contributed by atoms with E-state index in [0.29, 0.717) is 11.1 Å². The minimum absolute atomic E-state index is 0.0723. The van der Waals surface area contributed by atoms with Crippen LogP contribution in [0.4, 0.5) is 10.1 Å². The number of benzene rings is 1. The fraction of sp³-hybridized carbons (Fsp3) is 0.0909. The second-order valence-corrected chi connectivity index (χ2v) is 3.93. The van der Waals surface area contributed by atoms with Crippen LogP contribution in [0.1, 0.15) is 5.56 Å². The molecule has 0 spiro atoms. The van der Waals surface area contributed by atoms with Gasteiger partial charge in [-0.15, -0.1) is 0 Å². The SMILES string of the molecule is Cc1cc(-c2nc(Cl)ncc2[N+](=O)[O-])ccc1F. The van der Waals surface area contributed by atoms with E-state index >= 15 is 0 Å². The van der Waals surface area contributed by atoms with E-state index in [4.69, 9.17) is 11.6 Å². The Hall–Kier alpha value is -2.08. The molecule has 2 rings (SSSR count). The zero-order valence-corrected chi connectivity index (χ0v) is 9.98. The molecule has 2 aromatic rings. The second kappa shape index (κ2) is 4.66. The Morgan fingerprint density at radius 2 is 2.17 bits per heavy atom. The number of rotatable bonds is 2. The fourth-order valence-electron chi connectivity index (χ4n) is 1.49. The van der Waals surface area contributed by atoms with Crippen LogP contribution in [0.5, 0.6) is 0 Å². The van der Waals surface area contributed by atoms with E-state index in [2.05, 4.69) is 9.97 Å². The van der Waals surface area contributed by atoms with E-state index < -0.39 is 4.92 Å². The molecule has 0 saturated carbocycles. The van der Waals surface area contributed by atoms with Gasteiger partial charge in [0.2, 0.25) is 5.28 Å².